The molecule has 0 amide bonds. The average Bonchev–Trinajstić information content (AvgIpc) is 2.34. The van der Waals surface area contributed by atoms with Crippen LogP contribution in [0.1, 0.15) is 36.0 Å². The van der Waals surface area contributed by atoms with Crippen molar-refractivity contribution in [1.82, 2.24) is 4.90 Å². The smallest absolute Gasteiger partial charge is 0.0586 e. The second-order valence-electron chi connectivity index (χ2n) is 5.23. The summed E-state index contributed by atoms with van der Waals surface area (Å²) in [6.07, 6.45) is 3.66. The molecule has 2 rings (SSSR count). The molecule has 0 bridgehead atoms. The highest BCUT2D eigenvalue weighted by Crippen LogP contribution is 2.21. The maximum absolute atomic E-state index is 9.42. The fraction of sp³-hybridized carbons (Fsp3) is 0.600. The van der Waals surface area contributed by atoms with Crippen molar-refractivity contribution in [2.45, 2.75) is 45.7 Å². The van der Waals surface area contributed by atoms with E-state index in [2.05, 4.69) is 36.9 Å². The van der Waals surface area contributed by atoms with E-state index >= 15 is 0 Å². The first-order chi connectivity index (χ1) is 8.20. The minimum Gasteiger partial charge on any atom is -0.395 e. The zero-order valence-corrected chi connectivity index (χ0v) is 10.9. The van der Waals surface area contributed by atoms with Crippen molar-refractivity contribution in [3.8, 4) is 0 Å². The van der Waals surface area contributed by atoms with Gasteiger partial charge in [-0.25, -0.2) is 0 Å². The van der Waals surface area contributed by atoms with Crippen LogP contribution in [0.2, 0.25) is 0 Å². The third kappa shape index (κ3) is 3.08. The van der Waals surface area contributed by atoms with Crippen LogP contribution >= 0.6 is 0 Å². The van der Waals surface area contributed by atoms with Crippen LogP contribution in [0.15, 0.2) is 18.2 Å². The van der Waals surface area contributed by atoms with Crippen LogP contribution in [0.4, 0.5) is 0 Å². The summed E-state index contributed by atoms with van der Waals surface area (Å²) in [5.41, 5.74) is 4.09. The Morgan fingerprint density at radius 2 is 2.12 bits per heavy atom. The predicted octanol–water partition coefficient (Wildman–Crippen LogP) is 2.65. The van der Waals surface area contributed by atoms with E-state index in [0.29, 0.717) is 12.6 Å². The lowest BCUT2D eigenvalue weighted by Crippen LogP contribution is -2.41. The Labute approximate surface area is 104 Å². The summed E-state index contributed by atoms with van der Waals surface area (Å²) >= 11 is 0. The maximum Gasteiger partial charge on any atom is 0.0586 e. The van der Waals surface area contributed by atoms with Gasteiger partial charge in [0.25, 0.3) is 0 Å². The SMILES string of the molecule is Cc1ccc(C)c(CN2CCCCC2CO)c1. The van der Waals surface area contributed by atoms with Gasteiger partial charge in [-0.3, -0.25) is 4.90 Å². The molecule has 1 heterocycles. The molecule has 1 N–H and O–H groups in total. The average molecular weight is 233 g/mol. The van der Waals surface area contributed by atoms with E-state index in [1.165, 1.54) is 29.5 Å². The van der Waals surface area contributed by atoms with E-state index in [4.69, 9.17) is 0 Å². The van der Waals surface area contributed by atoms with Crippen molar-refractivity contribution in [3.05, 3.63) is 34.9 Å². The van der Waals surface area contributed by atoms with Crippen LogP contribution in [-0.2, 0) is 6.54 Å². The molecule has 1 fully saturated rings. The summed E-state index contributed by atoms with van der Waals surface area (Å²) in [7, 11) is 0. The van der Waals surface area contributed by atoms with Crippen LogP contribution in [-0.4, -0.2) is 29.2 Å². The molecule has 1 aliphatic heterocycles. The molecular weight excluding hydrogens is 210 g/mol. The van der Waals surface area contributed by atoms with E-state index in [0.717, 1.165) is 19.5 Å². The topological polar surface area (TPSA) is 23.5 Å². The first-order valence-corrected chi connectivity index (χ1v) is 6.61. The summed E-state index contributed by atoms with van der Waals surface area (Å²) in [5.74, 6) is 0. The number of likely N-dealkylation sites (tertiary alicyclic amines) is 1. The van der Waals surface area contributed by atoms with Gasteiger partial charge in [0.15, 0.2) is 0 Å². The predicted molar refractivity (Wildman–Crippen MR) is 71.1 cm³/mol. The summed E-state index contributed by atoms with van der Waals surface area (Å²) in [5, 5.41) is 9.42. The fourth-order valence-corrected chi connectivity index (χ4v) is 2.66. The van der Waals surface area contributed by atoms with Crippen molar-refractivity contribution >= 4 is 0 Å². The summed E-state index contributed by atoms with van der Waals surface area (Å²) in [6.45, 7) is 6.72. The van der Waals surface area contributed by atoms with Gasteiger partial charge in [0, 0.05) is 12.6 Å². The van der Waals surface area contributed by atoms with Gasteiger partial charge < -0.3 is 5.11 Å². The second kappa shape index (κ2) is 5.65. The summed E-state index contributed by atoms with van der Waals surface area (Å²) in [4.78, 5) is 2.44. The first kappa shape index (κ1) is 12.6. The molecule has 0 aromatic heterocycles. The third-order valence-electron chi connectivity index (χ3n) is 3.84. The van der Waals surface area contributed by atoms with Gasteiger partial charge in [0.05, 0.1) is 6.61 Å². The van der Waals surface area contributed by atoms with Crippen LogP contribution in [0.3, 0.4) is 0 Å². The lowest BCUT2D eigenvalue weighted by molar-refractivity contribution is 0.0839. The molecule has 94 valence electrons. The minimum absolute atomic E-state index is 0.296. The number of aliphatic hydroxyl groups is 1. The molecule has 2 heteroatoms. The van der Waals surface area contributed by atoms with E-state index in [1.54, 1.807) is 0 Å². The molecule has 1 unspecified atom stereocenters. The molecule has 1 aliphatic rings. The van der Waals surface area contributed by atoms with Crippen LogP contribution in [0.5, 0.6) is 0 Å². The lowest BCUT2D eigenvalue weighted by Gasteiger charge is -2.35. The van der Waals surface area contributed by atoms with E-state index in [9.17, 15) is 5.11 Å². The Hall–Kier alpha value is -0.860. The number of piperidine rings is 1. The monoisotopic (exact) mass is 233 g/mol. The van der Waals surface area contributed by atoms with Crippen molar-refractivity contribution in [2.24, 2.45) is 0 Å². The number of rotatable bonds is 3. The van der Waals surface area contributed by atoms with Gasteiger partial charge in [0.1, 0.15) is 0 Å². The molecular formula is C15H23NO. The number of aliphatic hydroxyl groups excluding tert-OH is 1. The zero-order chi connectivity index (χ0) is 12.3. The molecule has 1 aromatic rings. The van der Waals surface area contributed by atoms with Gasteiger partial charge in [-0.2, -0.15) is 0 Å². The van der Waals surface area contributed by atoms with Crippen molar-refractivity contribution in [2.75, 3.05) is 13.2 Å². The largest absolute Gasteiger partial charge is 0.395 e. The Morgan fingerprint density at radius 1 is 1.29 bits per heavy atom. The van der Waals surface area contributed by atoms with Crippen LogP contribution in [0, 0.1) is 13.8 Å². The maximum atomic E-state index is 9.42. The van der Waals surface area contributed by atoms with Gasteiger partial charge in [-0.05, 0) is 44.4 Å². The number of hydrogen-bond donors (Lipinski definition) is 1. The molecule has 17 heavy (non-hydrogen) atoms. The Kier molecular flexibility index (Phi) is 4.19. The highest BCUT2D eigenvalue weighted by atomic mass is 16.3. The van der Waals surface area contributed by atoms with Crippen molar-refractivity contribution in [1.29, 1.82) is 0 Å². The van der Waals surface area contributed by atoms with E-state index < -0.39 is 0 Å². The Balaban J connectivity index is 2.10. The van der Waals surface area contributed by atoms with Crippen molar-refractivity contribution in [3.63, 3.8) is 0 Å². The lowest BCUT2D eigenvalue weighted by atomic mass is 9.99. The van der Waals surface area contributed by atoms with Gasteiger partial charge in [0.2, 0.25) is 0 Å². The standard InChI is InChI=1S/C15H23NO/c1-12-6-7-13(2)14(9-12)10-16-8-4-3-5-15(16)11-17/h6-7,9,15,17H,3-5,8,10-11H2,1-2H3. The van der Waals surface area contributed by atoms with E-state index in [1.807, 2.05) is 0 Å². The molecule has 0 radical (unpaired) electrons. The molecule has 0 spiro atoms. The highest BCUT2D eigenvalue weighted by Gasteiger charge is 2.21. The molecule has 1 saturated heterocycles. The normalized spacial score (nSPS) is 21.7. The number of benzene rings is 1. The fourth-order valence-electron chi connectivity index (χ4n) is 2.66. The van der Waals surface area contributed by atoms with Crippen LogP contribution < -0.4 is 0 Å². The molecule has 0 aliphatic carbocycles. The third-order valence-corrected chi connectivity index (χ3v) is 3.84. The van der Waals surface area contributed by atoms with Gasteiger partial charge in [-0.15, -0.1) is 0 Å². The zero-order valence-electron chi connectivity index (χ0n) is 10.9. The second-order valence-corrected chi connectivity index (χ2v) is 5.23. The molecule has 2 nitrogen and oxygen atoms in total. The summed E-state index contributed by atoms with van der Waals surface area (Å²) < 4.78 is 0. The Morgan fingerprint density at radius 3 is 2.88 bits per heavy atom. The molecule has 0 saturated carbocycles. The van der Waals surface area contributed by atoms with Gasteiger partial charge >= 0.3 is 0 Å². The highest BCUT2D eigenvalue weighted by molar-refractivity contribution is 5.30. The molecule has 1 atom stereocenters. The number of aryl methyl sites for hydroxylation is 2. The van der Waals surface area contributed by atoms with E-state index in [-0.39, 0.29) is 0 Å². The van der Waals surface area contributed by atoms with Gasteiger partial charge in [-0.1, -0.05) is 30.2 Å². The number of nitrogens with zero attached hydrogens (tertiary/aromatic N) is 1. The quantitative estimate of drug-likeness (QED) is 0.867. The van der Waals surface area contributed by atoms with Crippen molar-refractivity contribution < 1.29 is 5.11 Å². The number of hydrogen-bond acceptors (Lipinski definition) is 2. The van der Waals surface area contributed by atoms with Crippen LogP contribution in [0.25, 0.3) is 0 Å². The minimum atomic E-state index is 0.296. The first-order valence-electron chi connectivity index (χ1n) is 6.61. The summed E-state index contributed by atoms with van der Waals surface area (Å²) in [6, 6.07) is 7.00. The Bertz CT molecular complexity index is 375. The molecule has 1 aromatic carbocycles.